The Morgan fingerprint density at radius 2 is 2.05 bits per heavy atom. The molecule has 2 amide bonds. The van der Waals surface area contributed by atoms with Crippen LogP contribution >= 0.6 is 11.3 Å². The van der Waals surface area contributed by atoms with Crippen molar-refractivity contribution >= 4 is 23.2 Å². The van der Waals surface area contributed by atoms with Gasteiger partial charge in [0.2, 0.25) is 5.91 Å². The van der Waals surface area contributed by atoms with E-state index in [1.807, 2.05) is 18.4 Å². The van der Waals surface area contributed by atoms with E-state index < -0.39 is 6.10 Å². The Morgan fingerprint density at radius 1 is 1.29 bits per heavy atom. The quantitative estimate of drug-likeness (QED) is 0.866. The van der Waals surface area contributed by atoms with E-state index in [4.69, 9.17) is 0 Å². The fraction of sp³-hybridized carbons (Fsp3) is 0.250. The van der Waals surface area contributed by atoms with Crippen molar-refractivity contribution in [2.24, 2.45) is 0 Å². The highest BCUT2D eigenvalue weighted by atomic mass is 32.1. The molecule has 2 aromatic rings. The van der Waals surface area contributed by atoms with Gasteiger partial charge in [-0.25, -0.2) is 0 Å². The molecular weight excluding hydrogens is 286 g/mol. The summed E-state index contributed by atoms with van der Waals surface area (Å²) in [6, 6.07) is 7.21. The molecule has 1 N–H and O–H groups in total. The number of aliphatic hydroxyl groups is 1. The van der Waals surface area contributed by atoms with Gasteiger partial charge in [-0.05, 0) is 41.1 Å². The van der Waals surface area contributed by atoms with E-state index in [9.17, 15) is 14.7 Å². The first-order valence-electron chi connectivity index (χ1n) is 6.65. The van der Waals surface area contributed by atoms with E-state index in [0.29, 0.717) is 11.1 Å². The normalized spacial score (nSPS) is 16.0. The first kappa shape index (κ1) is 14.0. The van der Waals surface area contributed by atoms with Gasteiger partial charge in [0, 0.05) is 17.5 Å². The van der Waals surface area contributed by atoms with Crippen molar-refractivity contribution in [2.75, 3.05) is 7.05 Å². The SMILES string of the molecule is Cc1ccsc1C(O)c1ccc2c(c1)C(=O)N(C)C(=O)C2. The predicted molar refractivity (Wildman–Crippen MR) is 80.4 cm³/mol. The Morgan fingerprint density at radius 3 is 2.71 bits per heavy atom. The number of benzene rings is 1. The minimum absolute atomic E-state index is 0.199. The lowest BCUT2D eigenvalue weighted by atomic mass is 9.94. The molecule has 5 heteroatoms. The molecule has 0 saturated carbocycles. The van der Waals surface area contributed by atoms with Crippen LogP contribution in [0, 0.1) is 6.92 Å². The highest BCUT2D eigenvalue weighted by molar-refractivity contribution is 7.10. The van der Waals surface area contributed by atoms with E-state index in [1.165, 1.54) is 18.4 Å². The topological polar surface area (TPSA) is 57.6 Å². The summed E-state index contributed by atoms with van der Waals surface area (Å²) < 4.78 is 0. The lowest BCUT2D eigenvalue weighted by Crippen LogP contribution is -2.39. The third-order valence-corrected chi connectivity index (χ3v) is 4.92. The van der Waals surface area contributed by atoms with Crippen molar-refractivity contribution in [2.45, 2.75) is 19.4 Å². The lowest BCUT2D eigenvalue weighted by Gasteiger charge is -2.24. The van der Waals surface area contributed by atoms with E-state index >= 15 is 0 Å². The van der Waals surface area contributed by atoms with Crippen LogP contribution < -0.4 is 0 Å². The Balaban J connectivity index is 2.02. The van der Waals surface area contributed by atoms with Gasteiger partial charge < -0.3 is 5.11 Å². The summed E-state index contributed by atoms with van der Waals surface area (Å²) >= 11 is 1.49. The molecule has 1 aromatic carbocycles. The molecule has 1 aliphatic rings. The van der Waals surface area contributed by atoms with Gasteiger partial charge in [0.05, 0.1) is 6.42 Å². The number of fused-ring (bicyclic) bond motifs is 1. The molecule has 0 spiro atoms. The molecule has 1 aromatic heterocycles. The standard InChI is InChI=1S/C16H15NO3S/c1-9-5-6-21-15(9)14(19)11-4-3-10-8-13(18)17(2)16(20)12(10)7-11/h3-7,14,19H,8H2,1-2H3. The summed E-state index contributed by atoms with van der Waals surface area (Å²) in [5.74, 6) is -0.506. The minimum atomic E-state index is -0.744. The number of hydrogen-bond donors (Lipinski definition) is 1. The van der Waals surface area contributed by atoms with Gasteiger partial charge in [-0.2, -0.15) is 0 Å². The molecule has 0 bridgehead atoms. The van der Waals surface area contributed by atoms with Crippen LogP contribution in [0.2, 0.25) is 0 Å². The van der Waals surface area contributed by atoms with Crippen LogP contribution in [0.1, 0.15) is 38.0 Å². The number of amides is 2. The molecule has 1 unspecified atom stereocenters. The number of nitrogens with zero attached hydrogens (tertiary/aromatic N) is 1. The first-order chi connectivity index (χ1) is 9.99. The van der Waals surface area contributed by atoms with Crippen molar-refractivity contribution in [1.82, 2.24) is 4.90 Å². The number of imide groups is 1. The van der Waals surface area contributed by atoms with Crippen LogP contribution in [0.5, 0.6) is 0 Å². The third kappa shape index (κ3) is 2.28. The fourth-order valence-electron chi connectivity index (χ4n) is 2.51. The minimum Gasteiger partial charge on any atom is -0.383 e. The number of aliphatic hydroxyl groups excluding tert-OH is 1. The molecule has 0 fully saturated rings. The Labute approximate surface area is 126 Å². The number of aryl methyl sites for hydroxylation is 1. The maximum absolute atomic E-state index is 12.2. The van der Waals surface area contributed by atoms with Crippen molar-refractivity contribution in [3.05, 3.63) is 56.8 Å². The van der Waals surface area contributed by atoms with Crippen molar-refractivity contribution in [3.8, 4) is 0 Å². The highest BCUT2D eigenvalue weighted by Crippen LogP contribution is 2.31. The third-order valence-electron chi connectivity index (χ3n) is 3.85. The van der Waals surface area contributed by atoms with Crippen LogP contribution in [0.25, 0.3) is 0 Å². The second-order valence-electron chi connectivity index (χ2n) is 5.22. The van der Waals surface area contributed by atoms with E-state index in [-0.39, 0.29) is 18.2 Å². The van der Waals surface area contributed by atoms with E-state index in [1.54, 1.807) is 18.2 Å². The van der Waals surface area contributed by atoms with Crippen LogP contribution in [-0.2, 0) is 11.2 Å². The van der Waals surface area contributed by atoms with Gasteiger partial charge in [-0.1, -0.05) is 12.1 Å². The van der Waals surface area contributed by atoms with Gasteiger partial charge in [0.15, 0.2) is 0 Å². The molecule has 108 valence electrons. The second-order valence-corrected chi connectivity index (χ2v) is 6.17. The number of likely N-dealkylation sites (N-methyl/N-ethyl adjacent to an activating group) is 1. The van der Waals surface area contributed by atoms with Gasteiger partial charge in [-0.3, -0.25) is 14.5 Å². The average Bonchev–Trinajstić information content (AvgIpc) is 2.90. The molecule has 2 heterocycles. The van der Waals surface area contributed by atoms with Crippen LogP contribution in [-0.4, -0.2) is 28.9 Å². The van der Waals surface area contributed by atoms with Gasteiger partial charge in [0.25, 0.3) is 5.91 Å². The summed E-state index contributed by atoms with van der Waals surface area (Å²) in [6.07, 6.45) is -0.516. The van der Waals surface area contributed by atoms with Crippen LogP contribution in [0.4, 0.5) is 0 Å². The zero-order chi connectivity index (χ0) is 15.1. The molecule has 4 nitrogen and oxygen atoms in total. The second kappa shape index (κ2) is 5.09. The van der Waals surface area contributed by atoms with Gasteiger partial charge >= 0.3 is 0 Å². The summed E-state index contributed by atoms with van der Waals surface area (Å²) in [5, 5.41) is 12.4. The van der Waals surface area contributed by atoms with Crippen LogP contribution in [0.15, 0.2) is 29.6 Å². The summed E-state index contributed by atoms with van der Waals surface area (Å²) in [5.41, 5.74) is 2.93. The highest BCUT2D eigenvalue weighted by Gasteiger charge is 2.29. The molecule has 1 aliphatic heterocycles. The van der Waals surface area contributed by atoms with Crippen molar-refractivity contribution < 1.29 is 14.7 Å². The number of carbonyl (C=O) groups excluding carboxylic acids is 2. The van der Waals surface area contributed by atoms with Crippen LogP contribution in [0.3, 0.4) is 0 Å². The van der Waals surface area contributed by atoms with Gasteiger partial charge in [-0.15, -0.1) is 11.3 Å². The average molecular weight is 301 g/mol. The molecule has 1 atom stereocenters. The maximum Gasteiger partial charge on any atom is 0.260 e. The first-order valence-corrected chi connectivity index (χ1v) is 7.52. The number of thiophene rings is 1. The zero-order valence-corrected chi connectivity index (χ0v) is 12.6. The van der Waals surface area contributed by atoms with Crippen molar-refractivity contribution in [1.29, 1.82) is 0 Å². The Bertz CT molecular complexity index is 735. The molecular formula is C16H15NO3S. The van der Waals surface area contributed by atoms with E-state index in [2.05, 4.69) is 0 Å². The molecule has 21 heavy (non-hydrogen) atoms. The smallest absolute Gasteiger partial charge is 0.260 e. The summed E-state index contributed by atoms with van der Waals surface area (Å²) in [7, 11) is 1.49. The van der Waals surface area contributed by atoms with Crippen molar-refractivity contribution in [3.63, 3.8) is 0 Å². The maximum atomic E-state index is 12.2. The number of rotatable bonds is 2. The zero-order valence-electron chi connectivity index (χ0n) is 11.8. The largest absolute Gasteiger partial charge is 0.383 e. The summed E-state index contributed by atoms with van der Waals surface area (Å²) in [4.78, 5) is 25.9. The molecule has 0 aliphatic carbocycles. The molecule has 0 saturated heterocycles. The predicted octanol–water partition coefficient (Wildman–Crippen LogP) is 2.29. The fourth-order valence-corrected chi connectivity index (χ4v) is 3.45. The van der Waals surface area contributed by atoms with Gasteiger partial charge in [0.1, 0.15) is 6.10 Å². The molecule has 0 radical (unpaired) electrons. The van der Waals surface area contributed by atoms with E-state index in [0.717, 1.165) is 20.9 Å². The Kier molecular flexibility index (Phi) is 3.39. The number of hydrogen-bond acceptors (Lipinski definition) is 4. The number of carbonyl (C=O) groups is 2. The monoisotopic (exact) mass is 301 g/mol. The summed E-state index contributed by atoms with van der Waals surface area (Å²) in [6.45, 7) is 1.95. The Hall–Kier alpha value is -1.98. The lowest BCUT2D eigenvalue weighted by molar-refractivity contribution is -0.127. The molecule has 3 rings (SSSR count).